The number of H-pyrrole nitrogens is 1. The predicted molar refractivity (Wildman–Crippen MR) is 35.2 cm³/mol. The van der Waals surface area contributed by atoms with E-state index in [2.05, 4.69) is 23.3 Å². The number of hydrogen-bond donors (Lipinski definition) is 1. The standard InChI is InChI=1S/C5H9N2P/c1-3-5-4(2)6-8-7-5/h3H2,1-2H3,(H,6,7). The van der Waals surface area contributed by atoms with Gasteiger partial charge in [0.1, 0.15) is 8.51 Å². The van der Waals surface area contributed by atoms with Gasteiger partial charge in [-0.3, -0.25) is 0 Å². The molecular weight excluding hydrogens is 119 g/mol. The maximum absolute atomic E-state index is 4.18. The van der Waals surface area contributed by atoms with E-state index in [1.54, 1.807) is 0 Å². The Balaban J connectivity index is 2.92. The molecule has 3 heteroatoms. The summed E-state index contributed by atoms with van der Waals surface area (Å²) in [5.74, 6) is 0. The van der Waals surface area contributed by atoms with Gasteiger partial charge in [-0.25, -0.2) is 4.75 Å². The summed E-state index contributed by atoms with van der Waals surface area (Å²) in [5, 5.41) is 0. The van der Waals surface area contributed by atoms with E-state index in [4.69, 9.17) is 0 Å². The molecule has 1 rings (SSSR count). The number of aromatic nitrogens is 2. The lowest BCUT2D eigenvalue weighted by atomic mass is 10.3. The van der Waals surface area contributed by atoms with Crippen molar-refractivity contribution in [3.8, 4) is 0 Å². The van der Waals surface area contributed by atoms with Gasteiger partial charge in [0, 0.05) is 5.69 Å². The summed E-state index contributed by atoms with van der Waals surface area (Å²) < 4.78 is 7.28. The van der Waals surface area contributed by atoms with Crippen LogP contribution in [0.2, 0.25) is 0 Å². The summed E-state index contributed by atoms with van der Waals surface area (Å²) in [4.78, 5) is 0. The minimum Gasteiger partial charge on any atom is -0.325 e. The number of aromatic amines is 1. The van der Waals surface area contributed by atoms with Crippen molar-refractivity contribution in [2.45, 2.75) is 20.3 Å². The molecule has 0 aliphatic heterocycles. The molecule has 1 heterocycles. The van der Waals surface area contributed by atoms with Crippen molar-refractivity contribution in [1.82, 2.24) is 9.49 Å². The van der Waals surface area contributed by atoms with Crippen LogP contribution < -0.4 is 0 Å². The molecule has 0 aliphatic carbocycles. The molecule has 1 aromatic heterocycles. The summed E-state index contributed by atoms with van der Waals surface area (Å²) in [6, 6.07) is 0. The van der Waals surface area contributed by atoms with Crippen LogP contribution in [-0.4, -0.2) is 9.49 Å². The van der Waals surface area contributed by atoms with E-state index in [1.807, 2.05) is 0 Å². The molecule has 8 heavy (non-hydrogen) atoms. The van der Waals surface area contributed by atoms with Gasteiger partial charge >= 0.3 is 0 Å². The van der Waals surface area contributed by atoms with Gasteiger partial charge in [-0.15, -0.1) is 0 Å². The van der Waals surface area contributed by atoms with E-state index in [0.717, 1.165) is 14.9 Å². The molecule has 0 saturated carbocycles. The third-order valence-electron chi connectivity index (χ3n) is 1.16. The van der Waals surface area contributed by atoms with Gasteiger partial charge in [0.15, 0.2) is 0 Å². The van der Waals surface area contributed by atoms with Gasteiger partial charge in [-0.05, 0) is 13.3 Å². The van der Waals surface area contributed by atoms with Crippen LogP contribution in [-0.2, 0) is 6.42 Å². The Labute approximate surface area is 50.6 Å². The first kappa shape index (κ1) is 5.77. The Morgan fingerprint density at radius 1 is 1.75 bits per heavy atom. The molecule has 1 aromatic rings. The van der Waals surface area contributed by atoms with Crippen molar-refractivity contribution in [3.63, 3.8) is 0 Å². The van der Waals surface area contributed by atoms with E-state index < -0.39 is 0 Å². The third kappa shape index (κ3) is 0.896. The lowest BCUT2D eigenvalue weighted by Crippen LogP contribution is -1.81. The first-order chi connectivity index (χ1) is 3.84. The van der Waals surface area contributed by atoms with Crippen molar-refractivity contribution in [3.05, 3.63) is 11.4 Å². The topological polar surface area (TPSA) is 28.7 Å². The van der Waals surface area contributed by atoms with Crippen LogP contribution in [0.25, 0.3) is 0 Å². The lowest BCUT2D eigenvalue weighted by molar-refractivity contribution is 1.05. The van der Waals surface area contributed by atoms with Crippen LogP contribution in [0.15, 0.2) is 0 Å². The van der Waals surface area contributed by atoms with Crippen molar-refractivity contribution < 1.29 is 0 Å². The van der Waals surface area contributed by atoms with E-state index in [9.17, 15) is 0 Å². The molecule has 0 radical (unpaired) electrons. The second-order valence-electron chi connectivity index (χ2n) is 1.74. The Morgan fingerprint density at radius 2 is 2.50 bits per heavy atom. The highest BCUT2D eigenvalue weighted by Crippen LogP contribution is 2.06. The number of hydrogen-bond acceptors (Lipinski definition) is 1. The Kier molecular flexibility index (Phi) is 1.64. The monoisotopic (exact) mass is 128 g/mol. The zero-order valence-electron chi connectivity index (χ0n) is 5.10. The van der Waals surface area contributed by atoms with Gasteiger partial charge < -0.3 is 4.75 Å². The smallest absolute Gasteiger partial charge is 0.129 e. The Hall–Kier alpha value is -0.360. The number of rotatable bonds is 1. The van der Waals surface area contributed by atoms with Crippen LogP contribution in [0.1, 0.15) is 18.3 Å². The molecule has 0 fully saturated rings. The minimum atomic E-state index is 0.996. The summed E-state index contributed by atoms with van der Waals surface area (Å²) in [6.07, 6.45) is 1.05. The van der Waals surface area contributed by atoms with Crippen molar-refractivity contribution >= 4 is 8.51 Å². The fraction of sp³-hybridized carbons (Fsp3) is 0.600. The summed E-state index contributed by atoms with van der Waals surface area (Å²) in [7, 11) is 0.996. The van der Waals surface area contributed by atoms with E-state index >= 15 is 0 Å². The molecule has 0 amide bonds. The molecule has 0 aliphatic rings. The Morgan fingerprint density at radius 3 is 2.75 bits per heavy atom. The Bertz CT molecular complexity index is 171. The van der Waals surface area contributed by atoms with E-state index in [1.165, 1.54) is 11.4 Å². The molecule has 44 valence electrons. The number of aryl methyl sites for hydroxylation is 2. The molecule has 0 unspecified atom stereocenters. The third-order valence-corrected chi connectivity index (χ3v) is 1.93. The fourth-order valence-electron chi connectivity index (χ4n) is 0.636. The molecular formula is C5H9N2P. The molecule has 0 atom stereocenters. The molecule has 0 saturated heterocycles. The molecule has 2 nitrogen and oxygen atoms in total. The van der Waals surface area contributed by atoms with Crippen LogP contribution in [0, 0.1) is 6.92 Å². The van der Waals surface area contributed by atoms with Crippen LogP contribution in [0.3, 0.4) is 0 Å². The zero-order chi connectivity index (χ0) is 5.98. The van der Waals surface area contributed by atoms with Gasteiger partial charge in [0.05, 0.1) is 5.69 Å². The quantitative estimate of drug-likeness (QED) is 0.614. The molecule has 1 N–H and O–H groups in total. The average molecular weight is 128 g/mol. The first-order valence-electron chi connectivity index (χ1n) is 2.71. The number of nitrogens with zero attached hydrogens (tertiary/aromatic N) is 1. The van der Waals surface area contributed by atoms with Crippen molar-refractivity contribution in [1.29, 1.82) is 0 Å². The number of nitrogens with one attached hydrogen (secondary N) is 1. The van der Waals surface area contributed by atoms with Crippen LogP contribution in [0.5, 0.6) is 0 Å². The van der Waals surface area contributed by atoms with Crippen LogP contribution in [0.4, 0.5) is 0 Å². The predicted octanol–water partition coefficient (Wildman–Crippen LogP) is 1.86. The fourth-order valence-corrected chi connectivity index (χ4v) is 1.38. The normalized spacial score (nSPS) is 10.8. The van der Waals surface area contributed by atoms with E-state index in [0.29, 0.717) is 0 Å². The second-order valence-corrected chi connectivity index (χ2v) is 2.36. The lowest BCUT2D eigenvalue weighted by Gasteiger charge is -1.85. The van der Waals surface area contributed by atoms with Gasteiger partial charge in [-0.2, -0.15) is 0 Å². The maximum Gasteiger partial charge on any atom is 0.129 e. The van der Waals surface area contributed by atoms with Crippen molar-refractivity contribution in [2.75, 3.05) is 0 Å². The summed E-state index contributed by atoms with van der Waals surface area (Å²) in [5.41, 5.74) is 2.45. The maximum atomic E-state index is 4.18. The molecule has 0 aromatic carbocycles. The van der Waals surface area contributed by atoms with Gasteiger partial charge in [-0.1, -0.05) is 6.92 Å². The SMILES string of the molecule is CCc1np[nH]c1C. The highest BCUT2D eigenvalue weighted by atomic mass is 31.1. The zero-order valence-corrected chi connectivity index (χ0v) is 6.00. The molecule has 0 spiro atoms. The summed E-state index contributed by atoms with van der Waals surface area (Å²) in [6.45, 7) is 4.17. The van der Waals surface area contributed by atoms with Crippen molar-refractivity contribution in [2.24, 2.45) is 0 Å². The molecule has 0 bridgehead atoms. The van der Waals surface area contributed by atoms with E-state index in [-0.39, 0.29) is 0 Å². The van der Waals surface area contributed by atoms with Crippen LogP contribution >= 0.6 is 8.51 Å². The second kappa shape index (κ2) is 2.27. The van der Waals surface area contributed by atoms with Gasteiger partial charge in [0.25, 0.3) is 0 Å². The van der Waals surface area contributed by atoms with Gasteiger partial charge in [0.2, 0.25) is 0 Å². The first-order valence-corrected chi connectivity index (χ1v) is 3.56. The minimum absolute atomic E-state index is 0.996. The highest BCUT2D eigenvalue weighted by Gasteiger charge is 1.94. The largest absolute Gasteiger partial charge is 0.325 e. The average Bonchev–Trinajstić information content (AvgIpc) is 2.14. The highest BCUT2D eigenvalue weighted by molar-refractivity contribution is 7.20. The summed E-state index contributed by atoms with van der Waals surface area (Å²) >= 11 is 0.